The number of carbonyl (C=O) groups excluding carboxylic acids is 1. The van der Waals surface area contributed by atoms with Gasteiger partial charge in [0.15, 0.2) is 0 Å². The first kappa shape index (κ1) is 17.5. The van der Waals surface area contributed by atoms with Gasteiger partial charge in [-0.2, -0.15) is 0 Å². The van der Waals surface area contributed by atoms with Crippen molar-refractivity contribution in [1.82, 2.24) is 5.32 Å². The quantitative estimate of drug-likeness (QED) is 0.809. The molecule has 1 aromatic carbocycles. The lowest BCUT2D eigenvalue weighted by Gasteiger charge is -2.27. The number of hydrogen-bond acceptors (Lipinski definition) is 3. The molecule has 1 amide bonds. The lowest BCUT2D eigenvalue weighted by Crippen LogP contribution is -2.39. The highest BCUT2D eigenvalue weighted by molar-refractivity contribution is 5.94. The topological polar surface area (TPSA) is 75.6 Å². The van der Waals surface area contributed by atoms with E-state index >= 15 is 0 Å². The van der Waals surface area contributed by atoms with Gasteiger partial charge in [0.25, 0.3) is 5.91 Å². The van der Waals surface area contributed by atoms with Crippen LogP contribution in [0.4, 0.5) is 0 Å². The van der Waals surface area contributed by atoms with E-state index in [-0.39, 0.29) is 18.4 Å². The Morgan fingerprint density at radius 1 is 1.26 bits per heavy atom. The van der Waals surface area contributed by atoms with Crippen LogP contribution < -0.4 is 5.32 Å². The molecule has 5 heteroatoms. The predicted molar refractivity (Wildman–Crippen MR) is 87.4 cm³/mol. The smallest absolute Gasteiger partial charge is 0.308 e. The zero-order valence-electron chi connectivity index (χ0n) is 13.6. The fourth-order valence-corrected chi connectivity index (χ4v) is 2.99. The minimum Gasteiger partial charge on any atom is -0.481 e. The zero-order valence-corrected chi connectivity index (χ0v) is 13.6. The van der Waals surface area contributed by atoms with E-state index in [1.165, 1.54) is 5.56 Å². The molecule has 0 saturated carbocycles. The second kappa shape index (κ2) is 8.67. The third kappa shape index (κ3) is 5.06. The van der Waals surface area contributed by atoms with E-state index in [4.69, 9.17) is 4.74 Å². The van der Waals surface area contributed by atoms with Crippen LogP contribution in [0, 0.1) is 11.8 Å². The van der Waals surface area contributed by atoms with Gasteiger partial charge in [0.1, 0.15) is 0 Å². The van der Waals surface area contributed by atoms with Crippen LogP contribution in [0.2, 0.25) is 0 Å². The van der Waals surface area contributed by atoms with Crippen LogP contribution in [-0.2, 0) is 16.0 Å². The first-order chi connectivity index (χ1) is 11.1. The molecule has 1 aromatic rings. The van der Waals surface area contributed by atoms with Crippen LogP contribution in [0.5, 0.6) is 0 Å². The summed E-state index contributed by atoms with van der Waals surface area (Å²) in [5.74, 6) is -1.56. The first-order valence-electron chi connectivity index (χ1n) is 8.29. The van der Waals surface area contributed by atoms with Gasteiger partial charge in [-0.15, -0.1) is 0 Å². The largest absolute Gasteiger partial charge is 0.481 e. The molecule has 1 atom stereocenters. The minimum atomic E-state index is -0.851. The van der Waals surface area contributed by atoms with Gasteiger partial charge in [0.05, 0.1) is 5.92 Å². The van der Waals surface area contributed by atoms with Crippen molar-refractivity contribution < 1.29 is 19.4 Å². The second-order valence-electron chi connectivity index (χ2n) is 6.05. The normalized spacial score (nSPS) is 16.7. The van der Waals surface area contributed by atoms with Crippen LogP contribution in [0.1, 0.15) is 42.1 Å². The minimum absolute atomic E-state index is 0.0634. The van der Waals surface area contributed by atoms with E-state index in [1.807, 2.05) is 12.1 Å². The van der Waals surface area contributed by atoms with Crippen molar-refractivity contribution in [3.8, 4) is 0 Å². The zero-order chi connectivity index (χ0) is 16.7. The van der Waals surface area contributed by atoms with Gasteiger partial charge in [0.2, 0.25) is 0 Å². The third-order valence-electron chi connectivity index (χ3n) is 4.39. The summed E-state index contributed by atoms with van der Waals surface area (Å²) in [5, 5.41) is 12.2. The maximum absolute atomic E-state index is 12.2. The average molecular weight is 319 g/mol. The summed E-state index contributed by atoms with van der Waals surface area (Å²) in [5.41, 5.74) is 1.77. The lowest BCUT2D eigenvalue weighted by molar-refractivity contribution is -0.144. The van der Waals surface area contributed by atoms with Gasteiger partial charge in [-0.1, -0.05) is 25.5 Å². The number of ether oxygens (including phenoxy) is 1. The summed E-state index contributed by atoms with van der Waals surface area (Å²) in [6.45, 7) is 3.47. The Morgan fingerprint density at radius 3 is 2.48 bits per heavy atom. The number of carbonyl (C=O) groups is 2. The molecule has 1 saturated heterocycles. The number of benzene rings is 1. The Bertz CT molecular complexity index is 520. The summed E-state index contributed by atoms with van der Waals surface area (Å²) >= 11 is 0. The van der Waals surface area contributed by atoms with Crippen molar-refractivity contribution in [2.24, 2.45) is 11.8 Å². The van der Waals surface area contributed by atoms with Gasteiger partial charge < -0.3 is 15.2 Å². The first-order valence-corrected chi connectivity index (χ1v) is 8.29. The molecular weight excluding hydrogens is 294 g/mol. The molecule has 1 fully saturated rings. The van der Waals surface area contributed by atoms with Gasteiger partial charge in [0, 0.05) is 25.3 Å². The van der Waals surface area contributed by atoms with Crippen LogP contribution in [-0.4, -0.2) is 36.7 Å². The number of nitrogens with one attached hydrogen (secondary N) is 1. The molecule has 1 aliphatic rings. The van der Waals surface area contributed by atoms with E-state index in [2.05, 4.69) is 12.2 Å². The summed E-state index contributed by atoms with van der Waals surface area (Å²) in [4.78, 5) is 23.7. The molecule has 126 valence electrons. The molecule has 0 aliphatic carbocycles. The van der Waals surface area contributed by atoms with E-state index in [1.54, 1.807) is 12.1 Å². The number of rotatable bonds is 7. The fourth-order valence-electron chi connectivity index (χ4n) is 2.99. The maximum atomic E-state index is 12.2. The molecule has 5 nitrogen and oxygen atoms in total. The number of carboxylic acids is 1. The average Bonchev–Trinajstić information content (AvgIpc) is 2.56. The fraction of sp³-hybridized carbons (Fsp3) is 0.556. The Balaban J connectivity index is 1.91. The van der Waals surface area contributed by atoms with E-state index < -0.39 is 11.9 Å². The second-order valence-corrected chi connectivity index (χ2v) is 6.05. The van der Waals surface area contributed by atoms with Crippen molar-refractivity contribution in [2.75, 3.05) is 19.8 Å². The van der Waals surface area contributed by atoms with E-state index in [9.17, 15) is 14.7 Å². The molecule has 0 bridgehead atoms. The van der Waals surface area contributed by atoms with Crippen molar-refractivity contribution in [3.05, 3.63) is 35.4 Å². The van der Waals surface area contributed by atoms with Crippen LogP contribution in [0.3, 0.4) is 0 Å². The molecule has 2 N–H and O–H groups in total. The van der Waals surface area contributed by atoms with Gasteiger partial charge in [-0.3, -0.25) is 9.59 Å². The number of carboxylic acid groups (broad SMARTS) is 1. The van der Waals surface area contributed by atoms with Crippen molar-refractivity contribution in [2.45, 2.75) is 32.6 Å². The molecule has 1 aliphatic heterocycles. The maximum Gasteiger partial charge on any atom is 0.308 e. The van der Waals surface area contributed by atoms with Crippen LogP contribution in [0.25, 0.3) is 0 Å². The molecule has 1 heterocycles. The van der Waals surface area contributed by atoms with E-state index in [0.29, 0.717) is 18.8 Å². The highest BCUT2D eigenvalue weighted by Gasteiger charge is 2.30. The predicted octanol–water partition coefficient (Wildman–Crippen LogP) is 2.50. The number of hydrogen-bond donors (Lipinski definition) is 2. The van der Waals surface area contributed by atoms with Gasteiger partial charge in [-0.25, -0.2) is 0 Å². The monoisotopic (exact) mass is 319 g/mol. The molecule has 0 aromatic heterocycles. The van der Waals surface area contributed by atoms with Gasteiger partial charge in [-0.05, 0) is 42.9 Å². The highest BCUT2D eigenvalue weighted by Crippen LogP contribution is 2.23. The third-order valence-corrected chi connectivity index (χ3v) is 4.39. The molecule has 2 rings (SSSR count). The molecular formula is C18H25NO4. The Morgan fingerprint density at radius 2 is 1.91 bits per heavy atom. The summed E-state index contributed by atoms with van der Waals surface area (Å²) in [6.07, 6.45) is 3.53. The summed E-state index contributed by atoms with van der Waals surface area (Å²) in [7, 11) is 0. The number of aryl methyl sites for hydroxylation is 1. The summed E-state index contributed by atoms with van der Waals surface area (Å²) < 4.78 is 5.28. The molecule has 1 unspecified atom stereocenters. The Kier molecular flexibility index (Phi) is 6.59. The van der Waals surface area contributed by atoms with Crippen molar-refractivity contribution >= 4 is 11.9 Å². The Labute approximate surface area is 137 Å². The lowest BCUT2D eigenvalue weighted by atomic mass is 9.86. The van der Waals surface area contributed by atoms with Crippen LogP contribution in [0.15, 0.2) is 24.3 Å². The van der Waals surface area contributed by atoms with Crippen molar-refractivity contribution in [1.29, 1.82) is 0 Å². The molecule has 23 heavy (non-hydrogen) atoms. The van der Waals surface area contributed by atoms with Gasteiger partial charge >= 0.3 is 5.97 Å². The number of aliphatic carboxylic acids is 1. The standard InChI is InChI=1S/C18H25NO4/c1-2-3-13-4-6-15(7-5-13)17(20)19-12-16(18(21)22)14-8-10-23-11-9-14/h4-7,14,16H,2-3,8-12H2,1H3,(H,19,20)(H,21,22). The molecule has 0 spiro atoms. The Hall–Kier alpha value is -1.88. The SMILES string of the molecule is CCCc1ccc(C(=O)NCC(C(=O)O)C2CCOCC2)cc1. The highest BCUT2D eigenvalue weighted by atomic mass is 16.5. The van der Waals surface area contributed by atoms with Crippen LogP contribution >= 0.6 is 0 Å². The summed E-state index contributed by atoms with van der Waals surface area (Å²) in [6, 6.07) is 7.49. The van der Waals surface area contributed by atoms with Crippen molar-refractivity contribution in [3.63, 3.8) is 0 Å². The molecule has 0 radical (unpaired) electrons. The van der Waals surface area contributed by atoms with E-state index in [0.717, 1.165) is 25.7 Å². The number of amides is 1.